The molecule has 0 bridgehead atoms. The van der Waals surface area contributed by atoms with E-state index in [1.807, 2.05) is 6.07 Å². The van der Waals surface area contributed by atoms with Gasteiger partial charge in [0.2, 0.25) is 0 Å². The second-order valence-corrected chi connectivity index (χ2v) is 6.43. The summed E-state index contributed by atoms with van der Waals surface area (Å²) >= 11 is 0. The number of imidazole rings is 1. The van der Waals surface area contributed by atoms with Crippen LogP contribution in [0, 0.1) is 11.7 Å². The van der Waals surface area contributed by atoms with Gasteiger partial charge in [-0.25, -0.2) is 9.37 Å². The Hall–Kier alpha value is -2.41. The van der Waals surface area contributed by atoms with Crippen molar-refractivity contribution >= 4 is 5.96 Å². The van der Waals surface area contributed by atoms with Crippen LogP contribution in [0.3, 0.4) is 0 Å². The molecule has 2 N–H and O–H groups in total. The van der Waals surface area contributed by atoms with Crippen molar-refractivity contribution in [3.63, 3.8) is 0 Å². The molecule has 6 nitrogen and oxygen atoms in total. The van der Waals surface area contributed by atoms with E-state index in [0.29, 0.717) is 24.1 Å². The van der Waals surface area contributed by atoms with Crippen molar-refractivity contribution in [2.24, 2.45) is 10.9 Å². The second-order valence-electron chi connectivity index (χ2n) is 6.43. The van der Waals surface area contributed by atoms with E-state index in [4.69, 9.17) is 4.74 Å². The SMILES string of the molecule is CN=C(NCCCOCC(C)C)NCc1ccc(-n2ccnc2)c(F)c1. The third kappa shape index (κ3) is 6.48. The van der Waals surface area contributed by atoms with Gasteiger partial charge >= 0.3 is 0 Å². The van der Waals surface area contributed by atoms with Crippen LogP contribution in [0.25, 0.3) is 5.69 Å². The Morgan fingerprint density at radius 1 is 1.35 bits per heavy atom. The van der Waals surface area contributed by atoms with E-state index in [1.54, 1.807) is 36.4 Å². The lowest BCUT2D eigenvalue weighted by molar-refractivity contribution is 0.108. The molecule has 1 heterocycles. The lowest BCUT2D eigenvalue weighted by atomic mass is 10.2. The number of halogens is 1. The molecule has 0 unspecified atom stereocenters. The highest BCUT2D eigenvalue weighted by molar-refractivity contribution is 5.79. The van der Waals surface area contributed by atoms with Crippen LogP contribution in [0.15, 0.2) is 41.9 Å². The minimum absolute atomic E-state index is 0.285. The van der Waals surface area contributed by atoms with Gasteiger partial charge in [0.05, 0.1) is 12.0 Å². The Morgan fingerprint density at radius 3 is 2.85 bits per heavy atom. The van der Waals surface area contributed by atoms with Gasteiger partial charge in [0, 0.05) is 45.7 Å². The molecule has 0 aliphatic carbocycles. The third-order valence-corrected chi connectivity index (χ3v) is 3.69. The maximum atomic E-state index is 14.3. The standard InChI is InChI=1S/C19H28FN5O/c1-15(2)13-26-10-4-7-23-19(21-3)24-12-16-5-6-18(17(20)11-16)25-9-8-22-14-25/h5-6,8-9,11,14-15H,4,7,10,12-13H2,1-3H3,(H2,21,23,24). The van der Waals surface area contributed by atoms with Crippen molar-refractivity contribution in [3.8, 4) is 5.69 Å². The molecule has 2 rings (SSSR count). The Morgan fingerprint density at radius 2 is 2.19 bits per heavy atom. The number of nitrogens with zero attached hydrogens (tertiary/aromatic N) is 3. The van der Waals surface area contributed by atoms with Crippen molar-refractivity contribution in [3.05, 3.63) is 48.3 Å². The number of benzene rings is 1. The van der Waals surface area contributed by atoms with Crippen LogP contribution in [0.5, 0.6) is 0 Å². The number of ether oxygens (including phenoxy) is 1. The third-order valence-electron chi connectivity index (χ3n) is 3.69. The van der Waals surface area contributed by atoms with E-state index >= 15 is 0 Å². The van der Waals surface area contributed by atoms with E-state index in [9.17, 15) is 4.39 Å². The van der Waals surface area contributed by atoms with Crippen molar-refractivity contribution < 1.29 is 9.13 Å². The molecule has 0 spiro atoms. The summed E-state index contributed by atoms with van der Waals surface area (Å²) in [7, 11) is 1.72. The maximum Gasteiger partial charge on any atom is 0.191 e. The highest BCUT2D eigenvalue weighted by Crippen LogP contribution is 2.14. The molecule has 1 aromatic carbocycles. The molecule has 142 valence electrons. The molecular weight excluding hydrogens is 333 g/mol. The van der Waals surface area contributed by atoms with Crippen LogP contribution in [0.4, 0.5) is 4.39 Å². The number of aliphatic imine (C=N–C) groups is 1. The molecule has 0 amide bonds. The van der Waals surface area contributed by atoms with Gasteiger partial charge in [-0.15, -0.1) is 0 Å². The van der Waals surface area contributed by atoms with Crippen LogP contribution in [-0.2, 0) is 11.3 Å². The highest BCUT2D eigenvalue weighted by atomic mass is 19.1. The average Bonchev–Trinajstić information content (AvgIpc) is 3.14. The molecule has 26 heavy (non-hydrogen) atoms. The first-order chi connectivity index (χ1) is 12.6. The van der Waals surface area contributed by atoms with Crippen molar-refractivity contribution in [2.75, 3.05) is 26.8 Å². The fourth-order valence-corrected chi connectivity index (χ4v) is 2.38. The monoisotopic (exact) mass is 361 g/mol. The van der Waals surface area contributed by atoms with Gasteiger partial charge in [-0.3, -0.25) is 4.99 Å². The first-order valence-electron chi connectivity index (χ1n) is 8.89. The number of hydrogen-bond acceptors (Lipinski definition) is 3. The summed E-state index contributed by atoms with van der Waals surface area (Å²) in [5.74, 6) is 0.957. The fourth-order valence-electron chi connectivity index (χ4n) is 2.38. The number of aromatic nitrogens is 2. The van der Waals surface area contributed by atoms with Crippen molar-refractivity contribution in [1.82, 2.24) is 20.2 Å². The first kappa shape index (κ1) is 19.9. The summed E-state index contributed by atoms with van der Waals surface area (Å²) in [6.07, 6.45) is 5.82. The number of rotatable bonds is 9. The molecule has 0 aliphatic rings. The van der Waals surface area contributed by atoms with Gasteiger partial charge in [-0.05, 0) is 30.0 Å². The van der Waals surface area contributed by atoms with Crippen LogP contribution in [-0.4, -0.2) is 42.3 Å². The molecule has 0 radical (unpaired) electrons. The number of guanidine groups is 1. The minimum atomic E-state index is -0.285. The Balaban J connectivity index is 1.75. The molecule has 0 fully saturated rings. The normalized spacial score (nSPS) is 11.8. The Bertz CT molecular complexity index is 685. The van der Waals surface area contributed by atoms with Gasteiger partial charge in [0.15, 0.2) is 5.96 Å². The minimum Gasteiger partial charge on any atom is -0.381 e. The molecule has 0 saturated carbocycles. The lowest BCUT2D eigenvalue weighted by Crippen LogP contribution is -2.37. The molecule has 0 atom stereocenters. The van der Waals surface area contributed by atoms with E-state index in [-0.39, 0.29) is 5.82 Å². The van der Waals surface area contributed by atoms with Crippen molar-refractivity contribution in [2.45, 2.75) is 26.8 Å². The average molecular weight is 361 g/mol. The van der Waals surface area contributed by atoms with Crippen LogP contribution >= 0.6 is 0 Å². The van der Waals surface area contributed by atoms with E-state index in [1.165, 1.54) is 6.07 Å². The topological polar surface area (TPSA) is 63.5 Å². The summed E-state index contributed by atoms with van der Waals surface area (Å²) in [4.78, 5) is 8.12. The van der Waals surface area contributed by atoms with Crippen LogP contribution < -0.4 is 10.6 Å². The number of nitrogens with one attached hydrogen (secondary N) is 2. The zero-order valence-corrected chi connectivity index (χ0v) is 15.7. The van der Waals surface area contributed by atoms with Gasteiger partial charge in [0.1, 0.15) is 5.82 Å². The molecule has 0 saturated heterocycles. The molecular formula is C19H28FN5O. The van der Waals surface area contributed by atoms with Crippen molar-refractivity contribution in [1.29, 1.82) is 0 Å². The summed E-state index contributed by atoms with van der Waals surface area (Å²) in [5, 5.41) is 6.42. The molecule has 0 aliphatic heterocycles. The zero-order valence-electron chi connectivity index (χ0n) is 15.7. The van der Waals surface area contributed by atoms with Gasteiger partial charge in [-0.1, -0.05) is 19.9 Å². The second kappa shape index (κ2) is 10.6. The predicted molar refractivity (Wildman–Crippen MR) is 102 cm³/mol. The highest BCUT2D eigenvalue weighted by Gasteiger charge is 2.06. The van der Waals surface area contributed by atoms with E-state index < -0.39 is 0 Å². The van der Waals surface area contributed by atoms with Gasteiger partial charge in [-0.2, -0.15) is 0 Å². The fraction of sp³-hybridized carbons (Fsp3) is 0.474. The summed E-state index contributed by atoms with van der Waals surface area (Å²) < 4.78 is 21.5. The zero-order chi connectivity index (χ0) is 18.8. The largest absolute Gasteiger partial charge is 0.381 e. The van der Waals surface area contributed by atoms with Gasteiger partial charge in [0.25, 0.3) is 0 Å². The Labute approximate surface area is 154 Å². The Kier molecular flexibility index (Phi) is 8.08. The van der Waals surface area contributed by atoms with Crippen LogP contribution in [0.1, 0.15) is 25.8 Å². The lowest BCUT2D eigenvalue weighted by Gasteiger charge is -2.13. The number of hydrogen-bond donors (Lipinski definition) is 2. The summed E-state index contributed by atoms with van der Waals surface area (Å²) in [6.45, 7) is 7.04. The first-order valence-corrected chi connectivity index (χ1v) is 8.89. The predicted octanol–water partition coefficient (Wildman–Crippen LogP) is 2.74. The molecule has 2 aromatic rings. The smallest absolute Gasteiger partial charge is 0.191 e. The maximum absolute atomic E-state index is 14.3. The summed E-state index contributed by atoms with van der Waals surface area (Å²) in [5.41, 5.74) is 1.32. The quantitative estimate of drug-likeness (QED) is 0.410. The van der Waals surface area contributed by atoms with E-state index in [0.717, 1.165) is 31.7 Å². The summed E-state index contributed by atoms with van der Waals surface area (Å²) in [6, 6.07) is 5.16. The molecule has 7 heteroatoms. The molecule has 1 aromatic heterocycles. The van der Waals surface area contributed by atoms with Gasteiger partial charge < -0.3 is 19.9 Å². The van der Waals surface area contributed by atoms with E-state index in [2.05, 4.69) is 34.5 Å². The van der Waals surface area contributed by atoms with Crippen LogP contribution in [0.2, 0.25) is 0 Å².